The minimum absolute atomic E-state index is 0.0559. The summed E-state index contributed by atoms with van der Waals surface area (Å²) < 4.78 is 28.1. The highest BCUT2D eigenvalue weighted by atomic mass is 32.2. The van der Waals surface area contributed by atoms with Gasteiger partial charge in [-0.2, -0.15) is 5.10 Å². The number of nitrogens with zero attached hydrogens (tertiary/aromatic N) is 1. The van der Waals surface area contributed by atoms with Gasteiger partial charge >= 0.3 is 0 Å². The van der Waals surface area contributed by atoms with E-state index in [2.05, 4.69) is 20.2 Å². The lowest BCUT2D eigenvalue weighted by Crippen LogP contribution is -2.18. The lowest BCUT2D eigenvalue weighted by Gasteiger charge is -2.10. The van der Waals surface area contributed by atoms with Crippen LogP contribution in [0.5, 0.6) is 0 Å². The number of hydrogen-bond acceptors (Lipinski definition) is 5. The Morgan fingerprint density at radius 2 is 1.67 bits per heavy atom. The van der Waals surface area contributed by atoms with Crippen LogP contribution >= 0.6 is 11.3 Å². The normalized spacial score (nSPS) is 11.2. The molecule has 152 valence electrons. The number of aromatic amines is 1. The lowest BCUT2D eigenvalue weighted by atomic mass is 10.1. The molecule has 0 unspecified atom stereocenters. The Labute approximate surface area is 177 Å². The van der Waals surface area contributed by atoms with Gasteiger partial charge in [-0.05, 0) is 54.3 Å². The molecule has 2 aromatic carbocycles. The molecule has 2 heterocycles. The zero-order valence-electron chi connectivity index (χ0n) is 15.9. The Balaban J connectivity index is 1.52. The molecular weight excluding hydrogens is 420 g/mol. The van der Waals surface area contributed by atoms with Crippen molar-refractivity contribution in [3.63, 3.8) is 0 Å². The van der Waals surface area contributed by atoms with Crippen LogP contribution < -0.4 is 10.0 Å². The van der Waals surface area contributed by atoms with Gasteiger partial charge in [0.2, 0.25) is 0 Å². The smallest absolute Gasteiger partial charge is 0.267 e. The second kappa shape index (κ2) is 8.13. The predicted molar refractivity (Wildman–Crippen MR) is 118 cm³/mol. The third-order valence-corrected chi connectivity index (χ3v) is 6.85. The summed E-state index contributed by atoms with van der Waals surface area (Å²) in [5, 5.41) is 11.1. The molecule has 0 atom stereocenters. The summed E-state index contributed by atoms with van der Waals surface area (Å²) in [6.45, 7) is 1.92. The molecule has 9 heteroatoms. The number of benzene rings is 2. The van der Waals surface area contributed by atoms with Crippen molar-refractivity contribution >= 4 is 38.6 Å². The van der Waals surface area contributed by atoms with E-state index in [1.54, 1.807) is 35.8 Å². The van der Waals surface area contributed by atoms with Crippen LogP contribution in [-0.4, -0.2) is 24.5 Å². The predicted octanol–water partition coefficient (Wildman–Crippen LogP) is 4.50. The highest BCUT2D eigenvalue weighted by molar-refractivity contribution is 7.93. The van der Waals surface area contributed by atoms with E-state index in [0.717, 1.165) is 28.2 Å². The molecule has 0 spiro atoms. The van der Waals surface area contributed by atoms with Gasteiger partial charge in [0.15, 0.2) is 0 Å². The van der Waals surface area contributed by atoms with Crippen molar-refractivity contribution in [3.8, 4) is 11.3 Å². The fraction of sp³-hybridized carbons (Fsp3) is 0.0476. The molecule has 30 heavy (non-hydrogen) atoms. The number of carbonyl (C=O) groups is 1. The summed E-state index contributed by atoms with van der Waals surface area (Å²) in [5.41, 5.74) is 3.81. The van der Waals surface area contributed by atoms with Gasteiger partial charge in [0, 0.05) is 17.6 Å². The summed E-state index contributed by atoms with van der Waals surface area (Å²) in [7, 11) is -3.90. The number of nitrogens with one attached hydrogen (secondary N) is 3. The van der Waals surface area contributed by atoms with Gasteiger partial charge in [-0.15, -0.1) is 11.3 Å². The first kappa shape index (κ1) is 19.9. The molecule has 0 saturated heterocycles. The minimum Gasteiger partial charge on any atom is -0.321 e. The standard InChI is InChI=1S/C21H18N4O3S2/c1-14-2-6-17(7-3-14)25-30(27,28)19-11-13-29-20(19)21(26)23-16-8-4-15(5-9-16)18-10-12-22-24-18/h2-13,25H,1H3,(H,22,24)(H,23,26). The topological polar surface area (TPSA) is 104 Å². The lowest BCUT2D eigenvalue weighted by molar-refractivity contribution is 0.102. The Bertz CT molecular complexity index is 1260. The molecule has 0 aliphatic heterocycles. The van der Waals surface area contributed by atoms with Gasteiger partial charge in [-0.3, -0.25) is 14.6 Å². The van der Waals surface area contributed by atoms with E-state index in [1.165, 1.54) is 6.07 Å². The Morgan fingerprint density at radius 3 is 2.33 bits per heavy atom. The molecule has 0 aliphatic rings. The number of sulfonamides is 1. The second-order valence-corrected chi connectivity index (χ2v) is 9.15. The van der Waals surface area contributed by atoms with Gasteiger partial charge in [-0.1, -0.05) is 29.8 Å². The van der Waals surface area contributed by atoms with Crippen molar-refractivity contribution in [1.29, 1.82) is 0 Å². The molecule has 4 aromatic rings. The molecule has 0 radical (unpaired) electrons. The van der Waals surface area contributed by atoms with E-state index in [9.17, 15) is 13.2 Å². The van der Waals surface area contributed by atoms with Crippen LogP contribution in [0.3, 0.4) is 0 Å². The average Bonchev–Trinajstić information content (AvgIpc) is 3.43. The molecule has 0 aliphatic carbocycles. The molecule has 1 amide bonds. The van der Waals surface area contributed by atoms with E-state index in [-0.39, 0.29) is 9.77 Å². The summed E-state index contributed by atoms with van der Waals surface area (Å²) in [6.07, 6.45) is 1.66. The van der Waals surface area contributed by atoms with Crippen LogP contribution in [0, 0.1) is 6.92 Å². The third-order valence-electron chi connectivity index (χ3n) is 4.38. The molecular formula is C21H18N4O3S2. The number of H-pyrrole nitrogens is 1. The van der Waals surface area contributed by atoms with Crippen molar-refractivity contribution in [3.05, 3.63) is 82.7 Å². The number of carbonyl (C=O) groups excluding carboxylic acids is 1. The van der Waals surface area contributed by atoms with Crippen molar-refractivity contribution in [2.24, 2.45) is 0 Å². The molecule has 7 nitrogen and oxygen atoms in total. The average molecular weight is 439 g/mol. The van der Waals surface area contributed by atoms with Crippen molar-refractivity contribution in [2.45, 2.75) is 11.8 Å². The maximum atomic E-state index is 12.8. The second-order valence-electron chi connectivity index (χ2n) is 6.59. The number of anilines is 2. The van der Waals surface area contributed by atoms with Gasteiger partial charge in [-0.25, -0.2) is 8.42 Å². The number of thiophene rings is 1. The fourth-order valence-corrected chi connectivity index (χ4v) is 5.23. The Morgan fingerprint density at radius 1 is 0.967 bits per heavy atom. The van der Waals surface area contributed by atoms with Crippen molar-refractivity contribution in [1.82, 2.24) is 10.2 Å². The van der Waals surface area contributed by atoms with Gasteiger partial charge in [0.1, 0.15) is 9.77 Å². The molecule has 0 saturated carbocycles. The van der Waals surface area contributed by atoms with Gasteiger partial charge in [0.05, 0.1) is 5.69 Å². The largest absolute Gasteiger partial charge is 0.321 e. The SMILES string of the molecule is Cc1ccc(NS(=O)(=O)c2ccsc2C(=O)Nc2ccc(-c3ccn[nH]3)cc2)cc1. The van der Waals surface area contributed by atoms with E-state index >= 15 is 0 Å². The zero-order valence-corrected chi connectivity index (χ0v) is 17.5. The molecule has 4 rings (SSSR count). The number of hydrogen-bond donors (Lipinski definition) is 3. The third kappa shape index (κ3) is 4.27. The Hall–Kier alpha value is -3.43. The van der Waals surface area contributed by atoms with Crippen LogP contribution in [0.1, 0.15) is 15.2 Å². The maximum absolute atomic E-state index is 12.8. The Kier molecular flexibility index (Phi) is 5.39. The van der Waals surface area contributed by atoms with Crippen LogP contribution in [0.2, 0.25) is 0 Å². The summed E-state index contributed by atoms with van der Waals surface area (Å²) >= 11 is 1.07. The van der Waals surface area contributed by atoms with Crippen molar-refractivity contribution < 1.29 is 13.2 Å². The first-order valence-corrected chi connectivity index (χ1v) is 11.4. The maximum Gasteiger partial charge on any atom is 0.267 e. The molecule has 0 fully saturated rings. The number of rotatable bonds is 6. The highest BCUT2D eigenvalue weighted by Gasteiger charge is 2.24. The number of aryl methyl sites for hydroxylation is 1. The van der Waals surface area contributed by atoms with Crippen molar-refractivity contribution in [2.75, 3.05) is 10.0 Å². The van der Waals surface area contributed by atoms with Crippen LogP contribution in [0.4, 0.5) is 11.4 Å². The summed E-state index contributed by atoms with van der Waals surface area (Å²) in [4.78, 5) is 12.8. The monoisotopic (exact) mass is 438 g/mol. The first-order chi connectivity index (χ1) is 14.4. The van der Waals surface area contributed by atoms with E-state index in [0.29, 0.717) is 11.4 Å². The minimum atomic E-state index is -3.90. The summed E-state index contributed by atoms with van der Waals surface area (Å²) in [6, 6.07) is 17.4. The van der Waals surface area contributed by atoms with E-state index in [1.807, 2.05) is 37.3 Å². The first-order valence-electron chi connectivity index (χ1n) is 9.00. The van der Waals surface area contributed by atoms with Gasteiger partial charge in [0.25, 0.3) is 15.9 Å². The fourth-order valence-electron chi connectivity index (χ4n) is 2.84. The van der Waals surface area contributed by atoms with Crippen LogP contribution in [-0.2, 0) is 10.0 Å². The molecule has 0 bridgehead atoms. The quantitative estimate of drug-likeness (QED) is 0.412. The summed E-state index contributed by atoms with van der Waals surface area (Å²) in [5.74, 6) is -0.483. The van der Waals surface area contributed by atoms with Crippen LogP contribution in [0.15, 0.2) is 77.1 Å². The molecule has 3 N–H and O–H groups in total. The number of aromatic nitrogens is 2. The number of amides is 1. The van der Waals surface area contributed by atoms with E-state index < -0.39 is 15.9 Å². The van der Waals surface area contributed by atoms with Crippen LogP contribution in [0.25, 0.3) is 11.3 Å². The highest BCUT2D eigenvalue weighted by Crippen LogP contribution is 2.26. The molecule has 2 aromatic heterocycles. The zero-order chi connectivity index (χ0) is 21.1. The van der Waals surface area contributed by atoms with E-state index in [4.69, 9.17) is 0 Å². The van der Waals surface area contributed by atoms with Gasteiger partial charge < -0.3 is 5.32 Å².